The molecule has 17 heavy (non-hydrogen) atoms. The minimum Gasteiger partial charge on any atom is -0.391 e. The second-order valence-electron chi connectivity index (χ2n) is 4.95. The van der Waals surface area contributed by atoms with Gasteiger partial charge in [0.25, 0.3) is 0 Å². The topological polar surface area (TPSA) is 32.3 Å². The monoisotopic (exact) mass is 255 g/mol. The van der Waals surface area contributed by atoms with Crippen LogP contribution in [0.5, 0.6) is 0 Å². The summed E-state index contributed by atoms with van der Waals surface area (Å²) in [6.45, 7) is 6.16. The Morgan fingerprint density at radius 3 is 2.65 bits per heavy atom. The van der Waals surface area contributed by atoms with Crippen molar-refractivity contribution in [3.05, 3.63) is 35.4 Å². The summed E-state index contributed by atoms with van der Waals surface area (Å²) in [5.41, 5.74) is 2.72. The molecule has 1 aliphatic heterocycles. The number of piperidine rings is 1. The van der Waals surface area contributed by atoms with Crippen LogP contribution >= 0.6 is 12.4 Å². The molecule has 1 fully saturated rings. The Morgan fingerprint density at radius 1 is 1.29 bits per heavy atom. The summed E-state index contributed by atoms with van der Waals surface area (Å²) < 4.78 is 0. The molecule has 1 aliphatic rings. The van der Waals surface area contributed by atoms with E-state index in [-0.39, 0.29) is 18.5 Å². The average molecular weight is 256 g/mol. The van der Waals surface area contributed by atoms with Crippen LogP contribution in [-0.2, 0) is 0 Å². The fourth-order valence-corrected chi connectivity index (χ4v) is 2.58. The first-order valence-electron chi connectivity index (χ1n) is 6.17. The molecule has 2 nitrogen and oxygen atoms in total. The van der Waals surface area contributed by atoms with Gasteiger partial charge >= 0.3 is 0 Å². The van der Waals surface area contributed by atoms with Crippen molar-refractivity contribution >= 4 is 12.4 Å². The van der Waals surface area contributed by atoms with Crippen LogP contribution in [0.3, 0.4) is 0 Å². The molecule has 0 saturated carbocycles. The predicted molar refractivity (Wildman–Crippen MR) is 74.0 cm³/mol. The Hall–Kier alpha value is -0.570. The van der Waals surface area contributed by atoms with Crippen molar-refractivity contribution in [2.24, 2.45) is 0 Å². The third kappa shape index (κ3) is 3.21. The zero-order valence-corrected chi connectivity index (χ0v) is 11.3. The second kappa shape index (κ2) is 6.39. The maximum atomic E-state index is 10.1. The molecule has 1 aromatic rings. The molecule has 0 aliphatic carbocycles. The molecule has 1 saturated heterocycles. The largest absolute Gasteiger partial charge is 0.391 e. The Bertz CT molecular complexity index is 354. The van der Waals surface area contributed by atoms with Crippen molar-refractivity contribution in [2.45, 2.75) is 38.2 Å². The van der Waals surface area contributed by atoms with E-state index in [1.165, 1.54) is 11.1 Å². The number of benzene rings is 1. The Balaban J connectivity index is 0.00000144. The van der Waals surface area contributed by atoms with Gasteiger partial charge in [0.2, 0.25) is 0 Å². The first kappa shape index (κ1) is 14.5. The zero-order valence-electron chi connectivity index (χ0n) is 10.5. The number of β-amino-alcohol motifs (C(OH)–C–C–N with tert-alkyl or cyclic N) is 1. The lowest BCUT2D eigenvalue weighted by Gasteiger charge is -2.30. The third-order valence-corrected chi connectivity index (χ3v) is 3.47. The van der Waals surface area contributed by atoms with Gasteiger partial charge in [-0.05, 0) is 30.0 Å². The van der Waals surface area contributed by atoms with Gasteiger partial charge in [-0.25, -0.2) is 0 Å². The highest BCUT2D eigenvalue weighted by Crippen LogP contribution is 2.31. The standard InChI is InChI=1S/C14H21NO.ClH/c1-10(2)11-5-3-4-6-12(11)13-7-8-15-9-14(13)16;/h3-6,10,13-16H,7-9H2,1-2H3;1H. The van der Waals surface area contributed by atoms with Gasteiger partial charge < -0.3 is 10.4 Å². The Kier molecular flexibility index (Phi) is 5.44. The highest BCUT2D eigenvalue weighted by molar-refractivity contribution is 5.85. The summed E-state index contributed by atoms with van der Waals surface area (Å²) in [4.78, 5) is 0. The normalized spacial score (nSPS) is 24.5. The fraction of sp³-hybridized carbons (Fsp3) is 0.571. The van der Waals surface area contributed by atoms with Crippen LogP contribution in [0.1, 0.15) is 43.2 Å². The number of nitrogens with one attached hydrogen (secondary N) is 1. The van der Waals surface area contributed by atoms with Crippen molar-refractivity contribution in [3.8, 4) is 0 Å². The SMILES string of the molecule is CC(C)c1ccccc1C1CCNCC1O.Cl. The van der Waals surface area contributed by atoms with Crippen LogP contribution in [-0.4, -0.2) is 24.3 Å². The molecule has 1 aromatic carbocycles. The van der Waals surface area contributed by atoms with E-state index in [4.69, 9.17) is 0 Å². The van der Waals surface area contributed by atoms with Gasteiger partial charge in [0, 0.05) is 12.5 Å². The lowest BCUT2D eigenvalue weighted by molar-refractivity contribution is 0.118. The van der Waals surface area contributed by atoms with E-state index in [0.717, 1.165) is 19.5 Å². The van der Waals surface area contributed by atoms with Crippen molar-refractivity contribution in [3.63, 3.8) is 0 Å². The number of hydrogen-bond acceptors (Lipinski definition) is 2. The summed E-state index contributed by atoms with van der Waals surface area (Å²) >= 11 is 0. The molecular formula is C14H22ClNO. The molecule has 0 amide bonds. The first-order chi connectivity index (χ1) is 7.70. The van der Waals surface area contributed by atoms with E-state index in [1.807, 2.05) is 0 Å². The second-order valence-corrected chi connectivity index (χ2v) is 4.95. The van der Waals surface area contributed by atoms with Crippen molar-refractivity contribution < 1.29 is 5.11 Å². The van der Waals surface area contributed by atoms with E-state index >= 15 is 0 Å². The van der Waals surface area contributed by atoms with Gasteiger partial charge in [-0.2, -0.15) is 0 Å². The van der Waals surface area contributed by atoms with E-state index in [9.17, 15) is 5.11 Å². The quantitative estimate of drug-likeness (QED) is 0.852. The molecule has 0 aromatic heterocycles. The summed E-state index contributed by atoms with van der Waals surface area (Å²) in [5, 5.41) is 13.3. The smallest absolute Gasteiger partial charge is 0.0733 e. The molecule has 2 unspecified atom stereocenters. The lowest BCUT2D eigenvalue weighted by atomic mass is 9.82. The van der Waals surface area contributed by atoms with E-state index in [0.29, 0.717) is 11.8 Å². The number of aliphatic hydroxyl groups is 1. The van der Waals surface area contributed by atoms with Crippen molar-refractivity contribution in [2.75, 3.05) is 13.1 Å². The minimum absolute atomic E-state index is 0. The highest BCUT2D eigenvalue weighted by atomic mass is 35.5. The van der Waals surface area contributed by atoms with Gasteiger partial charge in [-0.15, -0.1) is 12.4 Å². The van der Waals surface area contributed by atoms with Gasteiger partial charge in [0.05, 0.1) is 6.10 Å². The van der Waals surface area contributed by atoms with Crippen molar-refractivity contribution in [1.82, 2.24) is 5.32 Å². The average Bonchev–Trinajstić information content (AvgIpc) is 2.29. The first-order valence-corrected chi connectivity index (χ1v) is 6.17. The molecule has 2 rings (SSSR count). The molecule has 0 bridgehead atoms. The van der Waals surface area contributed by atoms with Crippen LogP contribution in [0.25, 0.3) is 0 Å². The summed E-state index contributed by atoms with van der Waals surface area (Å²) in [7, 11) is 0. The lowest BCUT2D eigenvalue weighted by Crippen LogP contribution is -2.39. The number of rotatable bonds is 2. The molecule has 0 radical (unpaired) electrons. The highest BCUT2D eigenvalue weighted by Gasteiger charge is 2.26. The van der Waals surface area contributed by atoms with Crippen LogP contribution in [0.4, 0.5) is 0 Å². The van der Waals surface area contributed by atoms with Gasteiger partial charge in [0.1, 0.15) is 0 Å². The molecular weight excluding hydrogens is 234 g/mol. The fourth-order valence-electron chi connectivity index (χ4n) is 2.58. The van der Waals surface area contributed by atoms with Gasteiger partial charge in [-0.3, -0.25) is 0 Å². The molecule has 96 valence electrons. The van der Waals surface area contributed by atoms with Crippen LogP contribution in [0.2, 0.25) is 0 Å². The van der Waals surface area contributed by atoms with E-state index in [1.54, 1.807) is 0 Å². The Morgan fingerprint density at radius 2 is 2.00 bits per heavy atom. The van der Waals surface area contributed by atoms with Gasteiger partial charge in [0.15, 0.2) is 0 Å². The molecule has 0 spiro atoms. The number of aliphatic hydroxyl groups excluding tert-OH is 1. The summed E-state index contributed by atoms with van der Waals surface area (Å²) in [5.74, 6) is 0.832. The van der Waals surface area contributed by atoms with Crippen molar-refractivity contribution in [1.29, 1.82) is 0 Å². The molecule has 2 N–H and O–H groups in total. The number of halogens is 1. The Labute approximate surface area is 110 Å². The molecule has 2 atom stereocenters. The van der Waals surface area contributed by atoms with Gasteiger partial charge in [-0.1, -0.05) is 38.1 Å². The van der Waals surface area contributed by atoms with Crippen LogP contribution in [0.15, 0.2) is 24.3 Å². The minimum atomic E-state index is -0.242. The van der Waals surface area contributed by atoms with Crippen LogP contribution in [0, 0.1) is 0 Å². The number of hydrogen-bond donors (Lipinski definition) is 2. The van der Waals surface area contributed by atoms with Crippen LogP contribution < -0.4 is 5.32 Å². The van der Waals surface area contributed by atoms with E-state index < -0.39 is 0 Å². The maximum Gasteiger partial charge on any atom is 0.0733 e. The third-order valence-electron chi connectivity index (χ3n) is 3.47. The van der Waals surface area contributed by atoms with E-state index in [2.05, 4.69) is 43.4 Å². The summed E-state index contributed by atoms with van der Waals surface area (Å²) in [6.07, 6.45) is 0.791. The zero-order chi connectivity index (χ0) is 11.5. The summed E-state index contributed by atoms with van der Waals surface area (Å²) in [6, 6.07) is 8.53. The predicted octanol–water partition coefficient (Wildman–Crippen LogP) is 2.67. The maximum absolute atomic E-state index is 10.1. The molecule has 3 heteroatoms. The molecule has 1 heterocycles.